The number of rotatable bonds is 8. The van der Waals surface area contributed by atoms with Gasteiger partial charge in [-0.25, -0.2) is 0 Å². The minimum Gasteiger partial charge on any atom is -0.355 e. The van der Waals surface area contributed by atoms with Crippen molar-refractivity contribution in [1.29, 1.82) is 0 Å². The molecule has 0 N–H and O–H groups in total. The molecule has 0 aromatic carbocycles. The second-order valence-corrected chi connectivity index (χ2v) is 5.11. The molecule has 2 nitrogen and oxygen atoms in total. The third kappa shape index (κ3) is 4.60. The Hall–Kier alpha value is -0.123. The van der Waals surface area contributed by atoms with Crippen molar-refractivity contribution in [2.45, 2.75) is 38.6 Å². The van der Waals surface area contributed by atoms with Crippen molar-refractivity contribution in [3.8, 4) is 0 Å². The van der Waals surface area contributed by atoms with E-state index >= 15 is 0 Å². The molecule has 0 atom stereocenters. The van der Waals surface area contributed by atoms with Crippen LogP contribution in [0.1, 0.15) is 27.2 Å². The van der Waals surface area contributed by atoms with Crippen LogP contribution in [-0.2, 0) is 9.47 Å². The zero-order valence-corrected chi connectivity index (χ0v) is 10.6. The van der Waals surface area contributed by atoms with Gasteiger partial charge in [0.15, 0.2) is 0 Å². The molecule has 0 spiro atoms. The van der Waals surface area contributed by atoms with E-state index in [1.165, 1.54) is 0 Å². The second-order valence-electron chi connectivity index (χ2n) is 2.96. The third-order valence-corrected chi connectivity index (χ3v) is 4.45. The summed E-state index contributed by atoms with van der Waals surface area (Å²) in [6, 6.07) is 1.08. The molecular formula is C10H22O2Si. The molecule has 0 aromatic rings. The van der Waals surface area contributed by atoms with Crippen molar-refractivity contribution in [3.05, 3.63) is 12.7 Å². The van der Waals surface area contributed by atoms with E-state index in [9.17, 15) is 0 Å². The van der Waals surface area contributed by atoms with Gasteiger partial charge in [0.1, 0.15) is 5.41 Å². The summed E-state index contributed by atoms with van der Waals surface area (Å²) in [5.41, 5.74) is -0.238. The Kier molecular flexibility index (Phi) is 7.23. The van der Waals surface area contributed by atoms with E-state index in [-0.39, 0.29) is 14.9 Å². The molecule has 0 bridgehead atoms. The van der Waals surface area contributed by atoms with Gasteiger partial charge in [-0.05, 0) is 26.3 Å². The molecule has 0 rings (SSSR count). The predicted octanol–water partition coefficient (Wildman–Crippen LogP) is 1.90. The number of hydrogen-bond acceptors (Lipinski definition) is 2. The van der Waals surface area contributed by atoms with Crippen LogP contribution in [0.2, 0.25) is 6.04 Å². The van der Waals surface area contributed by atoms with Gasteiger partial charge in [-0.15, -0.1) is 6.58 Å². The average molecular weight is 202 g/mol. The molecule has 0 aliphatic carbocycles. The van der Waals surface area contributed by atoms with Crippen LogP contribution in [0.25, 0.3) is 0 Å². The Morgan fingerprint density at radius 2 is 1.77 bits per heavy atom. The summed E-state index contributed by atoms with van der Waals surface area (Å²) in [7, 11) is -0.366. The lowest BCUT2D eigenvalue weighted by atomic mass is 10.4. The van der Waals surface area contributed by atoms with Crippen LogP contribution in [0.3, 0.4) is 0 Å². The van der Waals surface area contributed by atoms with Crippen LogP contribution in [0, 0.1) is 0 Å². The first-order chi connectivity index (χ1) is 6.24. The van der Waals surface area contributed by atoms with Crippen molar-refractivity contribution in [2.75, 3.05) is 13.2 Å². The van der Waals surface area contributed by atoms with Gasteiger partial charge in [-0.2, -0.15) is 0 Å². The molecular weight excluding hydrogens is 180 g/mol. The summed E-state index contributed by atoms with van der Waals surface area (Å²) in [4.78, 5) is 0. The molecule has 0 fully saturated rings. The monoisotopic (exact) mass is 202 g/mol. The fourth-order valence-corrected chi connectivity index (χ4v) is 3.11. The Morgan fingerprint density at radius 3 is 2.08 bits per heavy atom. The van der Waals surface area contributed by atoms with Gasteiger partial charge in [0, 0.05) is 13.2 Å². The molecule has 0 saturated carbocycles. The average Bonchev–Trinajstić information content (AvgIpc) is 2.15. The minimum atomic E-state index is -0.366. The SMILES string of the molecule is C=CC[SiH2]C(CC)(OCC)OCC. The highest BCUT2D eigenvalue weighted by atomic mass is 28.2. The molecule has 0 radical (unpaired) electrons. The number of allylic oxidation sites excluding steroid dienone is 1. The van der Waals surface area contributed by atoms with Crippen LogP contribution < -0.4 is 0 Å². The van der Waals surface area contributed by atoms with E-state index in [1.807, 2.05) is 19.9 Å². The topological polar surface area (TPSA) is 18.5 Å². The minimum absolute atomic E-state index is 0.238. The van der Waals surface area contributed by atoms with Gasteiger partial charge in [-0.1, -0.05) is 13.0 Å². The fourth-order valence-electron chi connectivity index (χ4n) is 1.41. The second kappa shape index (κ2) is 7.30. The maximum absolute atomic E-state index is 5.71. The summed E-state index contributed by atoms with van der Waals surface area (Å²) < 4.78 is 11.4. The predicted molar refractivity (Wildman–Crippen MR) is 59.8 cm³/mol. The van der Waals surface area contributed by atoms with Crippen LogP contribution in [0.5, 0.6) is 0 Å². The highest BCUT2D eigenvalue weighted by Gasteiger charge is 2.27. The highest BCUT2D eigenvalue weighted by Crippen LogP contribution is 2.17. The highest BCUT2D eigenvalue weighted by molar-refractivity contribution is 6.39. The fraction of sp³-hybridized carbons (Fsp3) is 0.800. The van der Waals surface area contributed by atoms with Crippen LogP contribution >= 0.6 is 0 Å². The molecule has 0 aromatic heterocycles. The molecule has 78 valence electrons. The zero-order chi connectivity index (χ0) is 10.2. The molecule has 0 saturated heterocycles. The number of hydrogen-bond donors (Lipinski definition) is 0. The molecule has 0 amide bonds. The normalized spacial score (nSPS) is 12.5. The van der Waals surface area contributed by atoms with E-state index in [2.05, 4.69) is 13.5 Å². The first-order valence-electron chi connectivity index (χ1n) is 5.13. The lowest BCUT2D eigenvalue weighted by Gasteiger charge is -2.32. The molecule has 0 heterocycles. The van der Waals surface area contributed by atoms with Crippen molar-refractivity contribution < 1.29 is 9.47 Å². The smallest absolute Gasteiger partial charge is 0.145 e. The third-order valence-electron chi connectivity index (χ3n) is 2.08. The van der Waals surface area contributed by atoms with E-state index in [4.69, 9.17) is 9.47 Å². The van der Waals surface area contributed by atoms with Gasteiger partial charge in [0.05, 0.1) is 9.52 Å². The Labute approximate surface area is 84.1 Å². The van der Waals surface area contributed by atoms with Gasteiger partial charge in [0.2, 0.25) is 0 Å². The molecule has 3 heteroatoms. The maximum Gasteiger partial charge on any atom is 0.145 e. The Bertz CT molecular complexity index is 131. The maximum atomic E-state index is 5.71. The summed E-state index contributed by atoms with van der Waals surface area (Å²) in [5, 5.41) is 0. The molecule has 0 aliphatic rings. The van der Waals surface area contributed by atoms with E-state index < -0.39 is 0 Å². The van der Waals surface area contributed by atoms with Crippen LogP contribution in [-0.4, -0.2) is 28.1 Å². The van der Waals surface area contributed by atoms with Crippen molar-refractivity contribution >= 4 is 9.52 Å². The Morgan fingerprint density at radius 1 is 1.23 bits per heavy atom. The largest absolute Gasteiger partial charge is 0.355 e. The lowest BCUT2D eigenvalue weighted by molar-refractivity contribution is -0.176. The summed E-state index contributed by atoms with van der Waals surface area (Å²) in [5.74, 6) is 0. The first kappa shape index (κ1) is 12.9. The summed E-state index contributed by atoms with van der Waals surface area (Å²) >= 11 is 0. The number of ether oxygens (including phenoxy) is 2. The van der Waals surface area contributed by atoms with Crippen molar-refractivity contribution in [1.82, 2.24) is 0 Å². The van der Waals surface area contributed by atoms with Crippen molar-refractivity contribution in [3.63, 3.8) is 0 Å². The van der Waals surface area contributed by atoms with Crippen LogP contribution in [0.15, 0.2) is 12.7 Å². The molecule has 0 aliphatic heterocycles. The van der Waals surface area contributed by atoms with Gasteiger partial charge in [0.25, 0.3) is 0 Å². The van der Waals surface area contributed by atoms with Crippen LogP contribution in [0.4, 0.5) is 0 Å². The van der Waals surface area contributed by atoms with Gasteiger partial charge >= 0.3 is 0 Å². The summed E-state index contributed by atoms with van der Waals surface area (Å²) in [6.07, 6.45) is 2.92. The first-order valence-corrected chi connectivity index (χ1v) is 6.84. The quantitative estimate of drug-likeness (QED) is 0.340. The molecule has 0 unspecified atom stereocenters. The van der Waals surface area contributed by atoms with E-state index in [1.54, 1.807) is 0 Å². The zero-order valence-electron chi connectivity index (χ0n) is 9.14. The molecule has 13 heavy (non-hydrogen) atoms. The summed E-state index contributed by atoms with van der Waals surface area (Å²) in [6.45, 7) is 11.4. The van der Waals surface area contributed by atoms with E-state index in [0.717, 1.165) is 25.7 Å². The van der Waals surface area contributed by atoms with Gasteiger partial charge < -0.3 is 9.47 Å². The van der Waals surface area contributed by atoms with E-state index in [0.29, 0.717) is 0 Å². The Balaban J connectivity index is 4.15. The lowest BCUT2D eigenvalue weighted by Crippen LogP contribution is -2.41. The standard InChI is InChI=1S/C10H22O2Si/c1-5-9-13-10(6-2,11-7-3)12-8-4/h5H,1,6-9,13H2,2-4H3. The van der Waals surface area contributed by atoms with Crippen molar-refractivity contribution in [2.24, 2.45) is 0 Å². The van der Waals surface area contributed by atoms with Gasteiger partial charge in [-0.3, -0.25) is 0 Å².